The molecule has 0 aliphatic carbocycles. The van der Waals surface area contributed by atoms with Crippen molar-refractivity contribution in [1.29, 1.82) is 0 Å². The first-order chi connectivity index (χ1) is 10.6. The van der Waals surface area contributed by atoms with Crippen LogP contribution in [0, 0.1) is 0 Å². The predicted molar refractivity (Wildman–Crippen MR) is 97.3 cm³/mol. The highest BCUT2D eigenvalue weighted by atomic mass is 28.3. The van der Waals surface area contributed by atoms with Crippen molar-refractivity contribution < 1.29 is 19.4 Å². The van der Waals surface area contributed by atoms with Crippen LogP contribution in [0.15, 0.2) is 0 Å². The molecule has 0 rings (SSSR count). The predicted octanol–water partition coefficient (Wildman–Crippen LogP) is 5.17. The van der Waals surface area contributed by atoms with E-state index in [0.717, 1.165) is 6.04 Å². The molecule has 4 nitrogen and oxygen atoms in total. The van der Waals surface area contributed by atoms with Crippen LogP contribution in [0.2, 0.25) is 19.1 Å². The Labute approximate surface area is 143 Å². The second-order valence-corrected chi connectivity index (χ2v) is 13.1. The molecule has 0 saturated heterocycles. The Morgan fingerprint density at radius 2 is 1.43 bits per heavy atom. The van der Waals surface area contributed by atoms with E-state index < -0.39 is 31.7 Å². The van der Waals surface area contributed by atoms with Crippen molar-refractivity contribution in [2.24, 2.45) is 0 Å². The normalized spacial score (nSPS) is 12.2. The van der Waals surface area contributed by atoms with Gasteiger partial charge in [-0.1, -0.05) is 77.4 Å². The average molecular weight is 345 g/mol. The van der Waals surface area contributed by atoms with Gasteiger partial charge in [-0.15, -0.1) is 0 Å². The van der Waals surface area contributed by atoms with Crippen LogP contribution in [0.4, 0.5) is 0 Å². The molecule has 0 bridgehead atoms. The van der Waals surface area contributed by atoms with E-state index in [1.165, 1.54) is 51.4 Å². The van der Waals surface area contributed by atoms with Crippen LogP contribution in [0.5, 0.6) is 0 Å². The van der Waals surface area contributed by atoms with Crippen LogP contribution in [0.3, 0.4) is 0 Å². The van der Waals surface area contributed by atoms with Crippen LogP contribution >= 0.6 is 0 Å². The van der Waals surface area contributed by atoms with E-state index >= 15 is 0 Å². The lowest BCUT2D eigenvalue weighted by Gasteiger charge is -2.39. The maximum absolute atomic E-state index is 11.6. The molecule has 0 aliphatic heterocycles. The number of carboxylic acid groups (broad SMARTS) is 1. The number of carbonyl (C=O) groups is 2. The number of unbranched alkanes of at least 4 members (excludes halogenated alkanes) is 7. The van der Waals surface area contributed by atoms with Gasteiger partial charge in [0.1, 0.15) is 6.42 Å². The second-order valence-electron chi connectivity index (χ2n) is 7.66. The standard InChI is InChI=1S/C18H36O4Si/c1-6-7-8-9-10-11-12-13-14-23(4,5)18(2,3)22-17(21)15-16(19)20/h6-15H2,1-5H3,(H,19,20). The van der Waals surface area contributed by atoms with Crippen LogP contribution in [-0.2, 0) is 14.3 Å². The molecule has 0 unspecified atom stereocenters. The lowest BCUT2D eigenvalue weighted by atomic mass is 10.1. The van der Waals surface area contributed by atoms with Crippen LogP contribution < -0.4 is 0 Å². The fourth-order valence-electron chi connectivity index (χ4n) is 2.58. The topological polar surface area (TPSA) is 63.6 Å². The third kappa shape index (κ3) is 9.79. The molecule has 0 aromatic heterocycles. The molecule has 0 amide bonds. The van der Waals surface area contributed by atoms with Crippen molar-refractivity contribution in [2.45, 2.75) is 103 Å². The van der Waals surface area contributed by atoms with Gasteiger partial charge in [0, 0.05) is 0 Å². The summed E-state index contributed by atoms with van der Waals surface area (Å²) >= 11 is 0. The molecule has 0 radical (unpaired) electrons. The Morgan fingerprint density at radius 3 is 1.91 bits per heavy atom. The Kier molecular flexibility index (Phi) is 10.4. The third-order valence-electron chi connectivity index (χ3n) is 4.95. The van der Waals surface area contributed by atoms with Gasteiger partial charge in [0.2, 0.25) is 0 Å². The van der Waals surface area contributed by atoms with Gasteiger partial charge in [0.25, 0.3) is 0 Å². The number of carbonyl (C=O) groups excluding carboxylic acids is 1. The van der Waals surface area contributed by atoms with E-state index in [-0.39, 0.29) is 0 Å². The third-order valence-corrected chi connectivity index (χ3v) is 9.92. The van der Waals surface area contributed by atoms with Gasteiger partial charge in [-0.25, -0.2) is 0 Å². The maximum Gasteiger partial charge on any atom is 0.317 e. The molecule has 0 aromatic carbocycles. The second kappa shape index (κ2) is 10.8. The number of aliphatic carboxylic acids is 1. The molecule has 0 saturated carbocycles. The van der Waals surface area contributed by atoms with Crippen molar-refractivity contribution in [3.05, 3.63) is 0 Å². The van der Waals surface area contributed by atoms with Crippen LogP contribution in [0.1, 0.15) is 78.6 Å². The highest BCUT2D eigenvalue weighted by molar-refractivity contribution is 6.80. The van der Waals surface area contributed by atoms with Crippen molar-refractivity contribution in [3.8, 4) is 0 Å². The van der Waals surface area contributed by atoms with E-state index in [2.05, 4.69) is 20.0 Å². The minimum Gasteiger partial charge on any atom is -0.481 e. The zero-order valence-corrected chi connectivity index (χ0v) is 16.7. The molecule has 0 atom stereocenters. The number of ether oxygens (including phenoxy) is 1. The molecule has 1 N–H and O–H groups in total. The van der Waals surface area contributed by atoms with E-state index in [0.29, 0.717) is 0 Å². The summed E-state index contributed by atoms with van der Waals surface area (Å²) in [6, 6.07) is 1.11. The summed E-state index contributed by atoms with van der Waals surface area (Å²) in [4.78, 5) is 22.2. The van der Waals surface area contributed by atoms with Crippen molar-refractivity contribution in [1.82, 2.24) is 0 Å². The maximum atomic E-state index is 11.6. The summed E-state index contributed by atoms with van der Waals surface area (Å²) in [5.74, 6) is -1.76. The highest BCUT2D eigenvalue weighted by Gasteiger charge is 2.41. The van der Waals surface area contributed by atoms with Gasteiger partial charge in [-0.05, 0) is 13.8 Å². The highest BCUT2D eigenvalue weighted by Crippen LogP contribution is 2.30. The molecule has 0 aromatic rings. The largest absolute Gasteiger partial charge is 0.481 e. The number of esters is 1. The van der Waals surface area contributed by atoms with E-state index in [4.69, 9.17) is 9.84 Å². The number of hydrogen-bond donors (Lipinski definition) is 1. The van der Waals surface area contributed by atoms with Crippen molar-refractivity contribution in [3.63, 3.8) is 0 Å². The van der Waals surface area contributed by atoms with Gasteiger partial charge in [-0.3, -0.25) is 9.59 Å². The van der Waals surface area contributed by atoms with E-state index in [1.54, 1.807) is 0 Å². The Morgan fingerprint density at radius 1 is 0.957 bits per heavy atom. The van der Waals surface area contributed by atoms with Gasteiger partial charge in [0.15, 0.2) is 0 Å². The SMILES string of the molecule is CCCCCCCCCC[Si](C)(C)C(C)(C)OC(=O)CC(=O)O. The van der Waals surface area contributed by atoms with Gasteiger partial charge < -0.3 is 9.84 Å². The molecule has 0 fully saturated rings. The minimum atomic E-state index is -1.76. The Hall–Kier alpha value is -0.843. The molecular weight excluding hydrogens is 308 g/mol. The summed E-state index contributed by atoms with van der Waals surface area (Å²) in [5.41, 5.74) is 0. The summed E-state index contributed by atoms with van der Waals surface area (Å²) in [7, 11) is -1.76. The summed E-state index contributed by atoms with van der Waals surface area (Å²) < 4.78 is 5.48. The smallest absolute Gasteiger partial charge is 0.317 e. The van der Waals surface area contributed by atoms with Crippen molar-refractivity contribution in [2.75, 3.05) is 0 Å². The number of rotatable bonds is 13. The zero-order valence-electron chi connectivity index (χ0n) is 15.7. The molecule has 136 valence electrons. The fraction of sp³-hybridized carbons (Fsp3) is 0.889. The van der Waals surface area contributed by atoms with Gasteiger partial charge in [-0.2, -0.15) is 0 Å². The van der Waals surface area contributed by atoms with E-state index in [1.807, 2.05) is 13.8 Å². The molecular formula is C18H36O4Si. The Bertz CT molecular complexity index is 364. The molecule has 23 heavy (non-hydrogen) atoms. The average Bonchev–Trinajstić information content (AvgIpc) is 2.39. The summed E-state index contributed by atoms with van der Waals surface area (Å²) in [6.45, 7) is 10.6. The fourth-order valence-corrected chi connectivity index (χ4v) is 4.71. The number of hydrogen-bond acceptors (Lipinski definition) is 3. The van der Waals surface area contributed by atoms with Crippen LogP contribution in [0.25, 0.3) is 0 Å². The first-order valence-corrected chi connectivity index (χ1v) is 12.3. The van der Waals surface area contributed by atoms with Gasteiger partial charge in [0.05, 0.1) is 13.3 Å². The quantitative estimate of drug-likeness (QED) is 0.217. The lowest BCUT2D eigenvalue weighted by Crippen LogP contribution is -2.53. The van der Waals surface area contributed by atoms with Crippen LogP contribution in [-0.4, -0.2) is 30.3 Å². The van der Waals surface area contributed by atoms with Gasteiger partial charge >= 0.3 is 11.9 Å². The summed E-state index contributed by atoms with van der Waals surface area (Å²) in [6.07, 6.45) is 9.79. The van der Waals surface area contributed by atoms with E-state index in [9.17, 15) is 9.59 Å². The minimum absolute atomic E-state index is 0.527. The molecule has 0 heterocycles. The molecule has 0 aliphatic rings. The first-order valence-electron chi connectivity index (χ1n) is 9.06. The first kappa shape index (κ1) is 22.2. The Balaban J connectivity index is 4.08. The zero-order chi connectivity index (χ0) is 17.9. The summed E-state index contributed by atoms with van der Waals surface area (Å²) in [5, 5.41) is 8.14. The molecule has 5 heteroatoms. The number of carboxylic acids is 1. The lowest BCUT2D eigenvalue weighted by molar-refractivity contribution is -0.156. The monoisotopic (exact) mass is 344 g/mol. The van der Waals surface area contributed by atoms with Crippen molar-refractivity contribution >= 4 is 20.0 Å². The molecule has 0 spiro atoms.